The lowest BCUT2D eigenvalue weighted by Gasteiger charge is -2.37. The molecule has 2 unspecified atom stereocenters. The van der Waals surface area contributed by atoms with Gasteiger partial charge in [0.1, 0.15) is 6.23 Å². The molecule has 0 spiro atoms. The number of hydrogen-bond donors (Lipinski definition) is 4. The molecule has 2 aromatic rings. The lowest BCUT2D eigenvalue weighted by molar-refractivity contribution is 0.0231. The number of benzene rings is 1. The van der Waals surface area contributed by atoms with E-state index in [1.54, 1.807) is 0 Å². The second-order valence-electron chi connectivity index (χ2n) is 8.72. The first-order valence-corrected chi connectivity index (χ1v) is 10.0. The molecule has 1 fully saturated rings. The number of aromatic nitrogens is 2. The Morgan fingerprint density at radius 2 is 2.18 bits per heavy atom. The van der Waals surface area contributed by atoms with Crippen LogP contribution in [0.15, 0.2) is 24.3 Å². The molecule has 1 saturated carbocycles. The number of hydrogen-bond acceptors (Lipinski definition) is 4. The summed E-state index contributed by atoms with van der Waals surface area (Å²) in [6.45, 7) is 6.37. The van der Waals surface area contributed by atoms with Crippen LogP contribution in [0.2, 0.25) is 0 Å². The van der Waals surface area contributed by atoms with Crippen molar-refractivity contribution in [3.8, 4) is 11.3 Å². The first-order chi connectivity index (χ1) is 13.3. The third-order valence-electron chi connectivity index (χ3n) is 5.76. The number of rotatable bonds is 6. The second-order valence-corrected chi connectivity index (χ2v) is 8.72. The summed E-state index contributed by atoms with van der Waals surface area (Å²) in [4.78, 5) is 12.8. The highest BCUT2D eigenvalue weighted by Gasteiger charge is 2.32. The predicted molar refractivity (Wildman–Crippen MR) is 109 cm³/mol. The molecule has 1 aromatic carbocycles. The highest BCUT2D eigenvalue weighted by molar-refractivity contribution is 5.96. The van der Waals surface area contributed by atoms with Crippen molar-refractivity contribution in [1.82, 2.24) is 15.5 Å². The van der Waals surface area contributed by atoms with E-state index < -0.39 is 6.23 Å². The molecule has 1 aliphatic rings. The van der Waals surface area contributed by atoms with Gasteiger partial charge in [0, 0.05) is 30.1 Å². The third-order valence-corrected chi connectivity index (χ3v) is 5.76. The molecule has 6 heteroatoms. The molecule has 1 amide bonds. The normalized spacial score (nSPS) is 20.0. The minimum atomic E-state index is -0.835. The predicted octanol–water partition coefficient (Wildman–Crippen LogP) is 3.18. The van der Waals surface area contributed by atoms with Gasteiger partial charge in [0.25, 0.3) is 5.91 Å². The summed E-state index contributed by atoms with van der Waals surface area (Å²) in [5.41, 5.74) is 4.03. The lowest BCUT2D eigenvalue weighted by atomic mass is 9.71. The smallest absolute Gasteiger partial charge is 0.253 e. The molecule has 1 heterocycles. The number of amides is 1. The molecule has 1 aromatic heterocycles. The van der Waals surface area contributed by atoms with Crippen LogP contribution in [0.3, 0.4) is 0 Å². The van der Waals surface area contributed by atoms with Crippen LogP contribution >= 0.6 is 0 Å². The van der Waals surface area contributed by atoms with Crippen LogP contribution in [0.5, 0.6) is 0 Å². The maximum atomic E-state index is 12.8. The quantitative estimate of drug-likeness (QED) is 0.574. The molecule has 0 radical (unpaired) electrons. The fourth-order valence-corrected chi connectivity index (χ4v) is 4.14. The standard InChI is InChI=1S/C22H31N3O3/c1-14-6-7-15(19-12-17(8-10-26)24-25-19)11-18(14)21(28)23-20(27)16-5-4-9-22(2,3)13-16/h6-7,11-12,16,20,26-27H,4-5,8-10,13H2,1-3H3,(H,23,28)(H,24,25). The van der Waals surface area contributed by atoms with Gasteiger partial charge in [-0.1, -0.05) is 32.4 Å². The molecule has 0 aliphatic heterocycles. The van der Waals surface area contributed by atoms with Crippen LogP contribution in [0, 0.1) is 18.3 Å². The molecule has 152 valence electrons. The van der Waals surface area contributed by atoms with Crippen molar-refractivity contribution in [1.29, 1.82) is 0 Å². The van der Waals surface area contributed by atoms with Gasteiger partial charge in [-0.3, -0.25) is 9.89 Å². The SMILES string of the molecule is Cc1ccc(-c2cc(CCO)n[nH]2)cc1C(=O)NC(O)C1CCCC(C)(C)C1. The Kier molecular flexibility index (Phi) is 6.20. The summed E-state index contributed by atoms with van der Waals surface area (Å²) >= 11 is 0. The van der Waals surface area contributed by atoms with E-state index in [0.29, 0.717) is 12.0 Å². The van der Waals surface area contributed by atoms with E-state index in [4.69, 9.17) is 5.11 Å². The number of nitrogens with zero attached hydrogens (tertiary/aromatic N) is 1. The number of aryl methyl sites for hydroxylation is 1. The summed E-state index contributed by atoms with van der Waals surface area (Å²) in [5.74, 6) is -0.171. The number of carbonyl (C=O) groups excluding carboxylic acids is 1. The van der Waals surface area contributed by atoms with Crippen molar-refractivity contribution in [2.24, 2.45) is 11.3 Å². The van der Waals surface area contributed by atoms with Crippen molar-refractivity contribution in [2.75, 3.05) is 6.61 Å². The van der Waals surface area contributed by atoms with Crippen LogP contribution in [0.1, 0.15) is 61.1 Å². The molecule has 28 heavy (non-hydrogen) atoms. The van der Waals surface area contributed by atoms with Gasteiger partial charge in [-0.2, -0.15) is 5.10 Å². The number of aliphatic hydroxyl groups is 2. The topological polar surface area (TPSA) is 98.2 Å². The van der Waals surface area contributed by atoms with Crippen LogP contribution < -0.4 is 5.32 Å². The van der Waals surface area contributed by atoms with Gasteiger partial charge in [0.05, 0.1) is 11.4 Å². The summed E-state index contributed by atoms with van der Waals surface area (Å²) in [7, 11) is 0. The largest absolute Gasteiger partial charge is 0.396 e. The van der Waals surface area contributed by atoms with Crippen LogP contribution in [-0.4, -0.2) is 39.2 Å². The fourth-order valence-electron chi connectivity index (χ4n) is 4.14. The van der Waals surface area contributed by atoms with Crippen molar-refractivity contribution in [3.05, 3.63) is 41.1 Å². The van der Waals surface area contributed by atoms with E-state index >= 15 is 0 Å². The Morgan fingerprint density at radius 3 is 2.89 bits per heavy atom. The fraction of sp³-hybridized carbons (Fsp3) is 0.545. The van der Waals surface area contributed by atoms with Crippen molar-refractivity contribution in [3.63, 3.8) is 0 Å². The number of carbonyl (C=O) groups is 1. The average Bonchev–Trinajstić information content (AvgIpc) is 3.10. The van der Waals surface area contributed by atoms with Gasteiger partial charge in [-0.05, 0) is 49.3 Å². The zero-order valence-corrected chi connectivity index (χ0v) is 17.0. The molecule has 1 aliphatic carbocycles. The van der Waals surface area contributed by atoms with Gasteiger partial charge in [-0.25, -0.2) is 0 Å². The molecular formula is C22H31N3O3. The van der Waals surface area contributed by atoms with E-state index in [2.05, 4.69) is 29.4 Å². The Bertz CT molecular complexity index is 828. The summed E-state index contributed by atoms with van der Waals surface area (Å²) < 4.78 is 0. The molecular weight excluding hydrogens is 354 g/mol. The monoisotopic (exact) mass is 385 g/mol. The summed E-state index contributed by atoms with van der Waals surface area (Å²) in [6.07, 6.45) is 3.74. The Balaban J connectivity index is 1.74. The first-order valence-electron chi connectivity index (χ1n) is 10.0. The van der Waals surface area contributed by atoms with Gasteiger partial charge in [0.2, 0.25) is 0 Å². The van der Waals surface area contributed by atoms with Gasteiger partial charge >= 0.3 is 0 Å². The number of aromatic amines is 1. The number of aliphatic hydroxyl groups excluding tert-OH is 2. The van der Waals surface area contributed by atoms with Gasteiger partial charge in [0.15, 0.2) is 0 Å². The molecule has 3 rings (SSSR count). The van der Waals surface area contributed by atoms with E-state index in [9.17, 15) is 9.90 Å². The third kappa shape index (κ3) is 4.80. The summed E-state index contributed by atoms with van der Waals surface area (Å²) in [6, 6.07) is 7.52. The molecule has 0 saturated heterocycles. The van der Waals surface area contributed by atoms with Crippen LogP contribution in [0.25, 0.3) is 11.3 Å². The molecule has 4 N–H and O–H groups in total. The Labute approximate surface area is 166 Å². The van der Waals surface area contributed by atoms with E-state index in [1.165, 1.54) is 0 Å². The number of nitrogens with one attached hydrogen (secondary N) is 2. The maximum Gasteiger partial charge on any atom is 0.253 e. The highest BCUT2D eigenvalue weighted by atomic mass is 16.3. The van der Waals surface area contributed by atoms with E-state index in [1.807, 2.05) is 31.2 Å². The van der Waals surface area contributed by atoms with E-state index in [-0.39, 0.29) is 23.8 Å². The summed E-state index contributed by atoms with van der Waals surface area (Å²) in [5, 5.41) is 29.6. The molecule has 0 bridgehead atoms. The number of H-pyrrole nitrogens is 1. The lowest BCUT2D eigenvalue weighted by Crippen LogP contribution is -2.43. The zero-order valence-electron chi connectivity index (χ0n) is 17.0. The Hall–Kier alpha value is -2.18. The average molecular weight is 386 g/mol. The van der Waals surface area contributed by atoms with Crippen LogP contribution in [-0.2, 0) is 6.42 Å². The highest BCUT2D eigenvalue weighted by Crippen LogP contribution is 2.39. The molecule has 2 atom stereocenters. The van der Waals surface area contributed by atoms with Gasteiger partial charge in [-0.15, -0.1) is 0 Å². The van der Waals surface area contributed by atoms with Crippen LogP contribution in [0.4, 0.5) is 0 Å². The van der Waals surface area contributed by atoms with Crippen molar-refractivity contribution >= 4 is 5.91 Å². The Morgan fingerprint density at radius 1 is 1.39 bits per heavy atom. The first kappa shape index (κ1) is 20.6. The van der Waals surface area contributed by atoms with Gasteiger partial charge < -0.3 is 15.5 Å². The minimum absolute atomic E-state index is 0.0434. The van der Waals surface area contributed by atoms with E-state index in [0.717, 1.165) is 48.2 Å². The van der Waals surface area contributed by atoms with Crippen molar-refractivity contribution < 1.29 is 15.0 Å². The molecule has 6 nitrogen and oxygen atoms in total. The zero-order chi connectivity index (χ0) is 20.3. The second kappa shape index (κ2) is 8.45. The minimum Gasteiger partial charge on any atom is -0.396 e. The van der Waals surface area contributed by atoms with Crippen molar-refractivity contribution in [2.45, 2.75) is 59.1 Å². The maximum absolute atomic E-state index is 12.8.